The Hall–Kier alpha value is -1.82. The van der Waals surface area contributed by atoms with Gasteiger partial charge in [0.15, 0.2) is 0 Å². The maximum atomic E-state index is 11.7. The average Bonchev–Trinajstić information content (AvgIpc) is 2.73. The summed E-state index contributed by atoms with van der Waals surface area (Å²) in [7, 11) is 0. The highest BCUT2D eigenvalue weighted by atomic mass is 79.9. The van der Waals surface area contributed by atoms with Gasteiger partial charge in [0, 0.05) is 10.5 Å². The van der Waals surface area contributed by atoms with E-state index in [0.717, 1.165) is 10.0 Å². The Morgan fingerprint density at radius 3 is 2.78 bits per heavy atom. The topological polar surface area (TPSA) is 77.8 Å². The van der Waals surface area contributed by atoms with Crippen molar-refractivity contribution in [3.05, 3.63) is 56.4 Å². The number of hydrogen-bond donors (Lipinski definition) is 3. The molecular formula is C12H12BrN3O2. The molecule has 1 aromatic carbocycles. The Kier molecular flexibility index (Phi) is 3.99. The lowest BCUT2D eigenvalue weighted by Crippen LogP contribution is -2.24. The standard InChI is InChI=1S/C12H12BrN3O2/c13-9-3-1-2-8(4-9)5-11(17)14-7-10-6-12(18)16-15-10/h1-4,6H,5,7H2,(H,14,17)(H2,15,16,18). The predicted octanol–water partition coefficient (Wildman–Crippen LogP) is 1.32. The molecule has 5 nitrogen and oxygen atoms in total. The number of H-pyrrole nitrogens is 2. The molecular weight excluding hydrogens is 298 g/mol. The van der Waals surface area contributed by atoms with Gasteiger partial charge in [-0.05, 0) is 17.7 Å². The van der Waals surface area contributed by atoms with Crippen molar-refractivity contribution in [2.75, 3.05) is 0 Å². The molecule has 0 aliphatic heterocycles. The van der Waals surface area contributed by atoms with Crippen LogP contribution in [0.3, 0.4) is 0 Å². The molecule has 2 rings (SSSR count). The first-order valence-electron chi connectivity index (χ1n) is 5.41. The summed E-state index contributed by atoms with van der Waals surface area (Å²) in [4.78, 5) is 22.5. The van der Waals surface area contributed by atoms with Crippen molar-refractivity contribution in [3.63, 3.8) is 0 Å². The number of benzene rings is 1. The maximum Gasteiger partial charge on any atom is 0.264 e. The van der Waals surface area contributed by atoms with E-state index in [-0.39, 0.29) is 11.5 Å². The number of rotatable bonds is 4. The van der Waals surface area contributed by atoms with Crippen LogP contribution >= 0.6 is 15.9 Å². The highest BCUT2D eigenvalue weighted by Crippen LogP contribution is 2.11. The van der Waals surface area contributed by atoms with Gasteiger partial charge in [-0.25, -0.2) is 0 Å². The third-order valence-corrected chi connectivity index (χ3v) is 2.87. The van der Waals surface area contributed by atoms with Crippen LogP contribution in [0.5, 0.6) is 0 Å². The Morgan fingerprint density at radius 1 is 1.28 bits per heavy atom. The SMILES string of the molecule is O=C(Cc1cccc(Br)c1)NCc1cc(=O)[nH][nH]1. The summed E-state index contributed by atoms with van der Waals surface area (Å²) in [5.41, 5.74) is 1.39. The summed E-state index contributed by atoms with van der Waals surface area (Å²) in [5.74, 6) is -0.0878. The van der Waals surface area contributed by atoms with Crippen LogP contribution in [0, 0.1) is 0 Å². The fourth-order valence-corrected chi connectivity index (χ4v) is 2.00. The molecule has 1 amide bonds. The monoisotopic (exact) mass is 309 g/mol. The van der Waals surface area contributed by atoms with Crippen molar-refractivity contribution in [1.29, 1.82) is 0 Å². The molecule has 0 bridgehead atoms. The largest absolute Gasteiger partial charge is 0.350 e. The fourth-order valence-electron chi connectivity index (χ4n) is 1.56. The molecule has 0 saturated heterocycles. The van der Waals surface area contributed by atoms with E-state index >= 15 is 0 Å². The van der Waals surface area contributed by atoms with E-state index < -0.39 is 0 Å². The van der Waals surface area contributed by atoms with Crippen molar-refractivity contribution in [2.24, 2.45) is 0 Å². The van der Waals surface area contributed by atoms with Crippen molar-refractivity contribution in [2.45, 2.75) is 13.0 Å². The fraction of sp³-hybridized carbons (Fsp3) is 0.167. The van der Waals surface area contributed by atoms with Gasteiger partial charge in [-0.2, -0.15) is 0 Å². The molecule has 0 aliphatic carbocycles. The lowest BCUT2D eigenvalue weighted by atomic mass is 10.1. The van der Waals surface area contributed by atoms with E-state index in [1.807, 2.05) is 24.3 Å². The highest BCUT2D eigenvalue weighted by Gasteiger charge is 2.04. The van der Waals surface area contributed by atoms with Crippen LogP contribution in [-0.2, 0) is 17.8 Å². The van der Waals surface area contributed by atoms with Crippen LogP contribution < -0.4 is 10.9 Å². The van der Waals surface area contributed by atoms with Gasteiger partial charge in [0.25, 0.3) is 5.56 Å². The second-order valence-corrected chi connectivity index (χ2v) is 4.78. The third-order valence-electron chi connectivity index (χ3n) is 2.38. The van der Waals surface area contributed by atoms with E-state index in [1.165, 1.54) is 6.07 Å². The van der Waals surface area contributed by atoms with Gasteiger partial charge in [-0.3, -0.25) is 14.7 Å². The normalized spacial score (nSPS) is 10.3. The Labute approximate surface area is 112 Å². The molecule has 0 aliphatic rings. The van der Waals surface area contributed by atoms with Crippen LogP contribution in [0.2, 0.25) is 0 Å². The average molecular weight is 310 g/mol. The number of nitrogens with one attached hydrogen (secondary N) is 3. The minimum Gasteiger partial charge on any atom is -0.350 e. The molecule has 94 valence electrons. The van der Waals surface area contributed by atoms with E-state index in [9.17, 15) is 9.59 Å². The van der Waals surface area contributed by atoms with E-state index in [1.54, 1.807) is 0 Å². The van der Waals surface area contributed by atoms with E-state index in [2.05, 4.69) is 31.4 Å². The first-order valence-corrected chi connectivity index (χ1v) is 6.20. The van der Waals surface area contributed by atoms with Crippen LogP contribution in [0.4, 0.5) is 0 Å². The molecule has 0 atom stereocenters. The van der Waals surface area contributed by atoms with E-state index in [0.29, 0.717) is 18.7 Å². The lowest BCUT2D eigenvalue weighted by Gasteiger charge is -2.04. The van der Waals surface area contributed by atoms with Gasteiger partial charge in [-0.15, -0.1) is 0 Å². The quantitative estimate of drug-likeness (QED) is 0.796. The summed E-state index contributed by atoms with van der Waals surface area (Å²) in [5, 5.41) is 7.82. The van der Waals surface area contributed by atoms with Crippen LogP contribution in [0.15, 0.2) is 39.6 Å². The zero-order chi connectivity index (χ0) is 13.0. The Bertz CT molecular complexity index is 603. The molecule has 0 radical (unpaired) electrons. The molecule has 0 fully saturated rings. The third kappa shape index (κ3) is 3.59. The first kappa shape index (κ1) is 12.6. The summed E-state index contributed by atoms with van der Waals surface area (Å²) in [6.07, 6.45) is 0.314. The molecule has 1 heterocycles. The highest BCUT2D eigenvalue weighted by molar-refractivity contribution is 9.10. The minimum absolute atomic E-state index is 0.0878. The molecule has 0 saturated carbocycles. The van der Waals surface area contributed by atoms with Crippen LogP contribution in [0.1, 0.15) is 11.3 Å². The van der Waals surface area contributed by atoms with Gasteiger partial charge < -0.3 is 10.4 Å². The molecule has 3 N–H and O–H groups in total. The van der Waals surface area contributed by atoms with Crippen molar-refractivity contribution in [3.8, 4) is 0 Å². The number of aromatic amines is 2. The van der Waals surface area contributed by atoms with Crippen LogP contribution in [-0.4, -0.2) is 16.1 Å². The van der Waals surface area contributed by atoms with E-state index in [4.69, 9.17) is 0 Å². The number of halogens is 1. The Balaban J connectivity index is 1.87. The summed E-state index contributed by atoms with van der Waals surface area (Å²) in [6.45, 7) is 0.311. The zero-order valence-corrected chi connectivity index (χ0v) is 11.1. The van der Waals surface area contributed by atoms with Gasteiger partial charge in [0.1, 0.15) is 0 Å². The number of hydrogen-bond acceptors (Lipinski definition) is 2. The second kappa shape index (κ2) is 5.68. The zero-order valence-electron chi connectivity index (χ0n) is 9.50. The lowest BCUT2D eigenvalue weighted by molar-refractivity contribution is -0.120. The van der Waals surface area contributed by atoms with Crippen LogP contribution in [0.25, 0.3) is 0 Å². The summed E-state index contributed by atoms with van der Waals surface area (Å²) < 4.78 is 0.947. The van der Waals surface area contributed by atoms with Crippen molar-refractivity contribution < 1.29 is 4.79 Å². The van der Waals surface area contributed by atoms with Gasteiger partial charge in [0.05, 0.1) is 18.7 Å². The van der Waals surface area contributed by atoms with Crippen molar-refractivity contribution in [1.82, 2.24) is 15.5 Å². The van der Waals surface area contributed by atoms with Gasteiger partial charge >= 0.3 is 0 Å². The number of carbonyl (C=O) groups excluding carboxylic acids is 1. The molecule has 1 aromatic heterocycles. The second-order valence-electron chi connectivity index (χ2n) is 3.87. The first-order chi connectivity index (χ1) is 8.63. The molecule has 18 heavy (non-hydrogen) atoms. The number of amides is 1. The number of aromatic nitrogens is 2. The molecule has 0 spiro atoms. The van der Waals surface area contributed by atoms with Gasteiger partial charge in [-0.1, -0.05) is 28.1 Å². The summed E-state index contributed by atoms with van der Waals surface area (Å²) in [6, 6.07) is 9.00. The van der Waals surface area contributed by atoms with Crippen molar-refractivity contribution >= 4 is 21.8 Å². The molecule has 2 aromatic rings. The predicted molar refractivity (Wildman–Crippen MR) is 71.1 cm³/mol. The number of carbonyl (C=O) groups is 1. The summed E-state index contributed by atoms with van der Waals surface area (Å²) >= 11 is 3.35. The maximum absolute atomic E-state index is 11.7. The molecule has 0 unspecified atom stereocenters. The Morgan fingerprint density at radius 2 is 2.11 bits per heavy atom. The minimum atomic E-state index is -0.203. The van der Waals surface area contributed by atoms with Gasteiger partial charge in [0.2, 0.25) is 5.91 Å². The smallest absolute Gasteiger partial charge is 0.264 e. The molecule has 6 heteroatoms.